The van der Waals surface area contributed by atoms with Gasteiger partial charge in [-0.25, -0.2) is 4.79 Å². The van der Waals surface area contributed by atoms with Crippen LogP contribution in [0, 0.1) is 0 Å². The van der Waals surface area contributed by atoms with Crippen LogP contribution in [0.2, 0.25) is 0 Å². The van der Waals surface area contributed by atoms with Gasteiger partial charge in [0.1, 0.15) is 16.7 Å². The van der Waals surface area contributed by atoms with Gasteiger partial charge in [0.2, 0.25) is 11.8 Å². The molecule has 2 heterocycles. The van der Waals surface area contributed by atoms with Crippen molar-refractivity contribution >= 4 is 39.9 Å². The average Bonchev–Trinajstić information content (AvgIpc) is 3.08. The molecule has 3 aromatic carbocycles. The Kier molecular flexibility index (Phi) is 3.49. The molecule has 0 saturated heterocycles. The monoisotopic (exact) mass is 424 g/mol. The number of rotatable bonds is 1. The second-order valence-electron chi connectivity index (χ2n) is 7.83. The molecule has 32 heavy (non-hydrogen) atoms. The number of hydrogen-bond donors (Lipinski definition) is 2. The predicted molar refractivity (Wildman–Crippen MR) is 116 cm³/mol. The van der Waals surface area contributed by atoms with Crippen molar-refractivity contribution in [2.75, 3.05) is 12.4 Å². The number of carbonyl (C=O) groups excluding carboxylic acids is 3. The Morgan fingerprint density at radius 1 is 1.00 bits per heavy atom. The lowest BCUT2D eigenvalue weighted by atomic mass is 9.64. The van der Waals surface area contributed by atoms with Crippen LogP contribution in [0.15, 0.2) is 77.7 Å². The van der Waals surface area contributed by atoms with Crippen LogP contribution >= 0.6 is 0 Å². The van der Waals surface area contributed by atoms with Gasteiger partial charge in [-0.2, -0.15) is 0 Å². The molecule has 1 atom stereocenters. The number of nitrogens with one attached hydrogen (secondary N) is 1. The summed E-state index contributed by atoms with van der Waals surface area (Å²) in [6, 6.07) is 17.9. The fourth-order valence-electron chi connectivity index (χ4n) is 5.12. The number of carbonyl (C=O) groups is 3. The van der Waals surface area contributed by atoms with E-state index in [0.29, 0.717) is 22.4 Å². The Bertz CT molecular complexity index is 1480. The van der Waals surface area contributed by atoms with Gasteiger partial charge in [-0.3, -0.25) is 9.59 Å². The lowest BCUT2D eigenvalue weighted by Gasteiger charge is -2.38. The van der Waals surface area contributed by atoms with E-state index < -0.39 is 23.1 Å². The lowest BCUT2D eigenvalue weighted by Crippen LogP contribution is -2.48. The van der Waals surface area contributed by atoms with E-state index in [9.17, 15) is 14.4 Å². The summed E-state index contributed by atoms with van der Waals surface area (Å²) < 4.78 is 10.9. The molecule has 2 aliphatic heterocycles. The highest BCUT2D eigenvalue weighted by Crippen LogP contribution is 2.56. The van der Waals surface area contributed by atoms with E-state index >= 15 is 0 Å². The van der Waals surface area contributed by atoms with Gasteiger partial charge >= 0.3 is 5.97 Å². The summed E-state index contributed by atoms with van der Waals surface area (Å²) in [7, 11) is 1.19. The van der Waals surface area contributed by atoms with Gasteiger partial charge in [0.15, 0.2) is 5.78 Å². The Hall–Kier alpha value is -4.39. The van der Waals surface area contributed by atoms with E-state index in [-0.39, 0.29) is 22.8 Å². The number of para-hydroxylation sites is 1. The molecule has 7 nitrogen and oxygen atoms in total. The van der Waals surface area contributed by atoms with E-state index in [0.717, 1.165) is 10.8 Å². The molecule has 0 fully saturated rings. The first-order valence-electron chi connectivity index (χ1n) is 9.99. The van der Waals surface area contributed by atoms with Crippen LogP contribution in [0.5, 0.6) is 0 Å². The van der Waals surface area contributed by atoms with Gasteiger partial charge in [-0.1, -0.05) is 54.6 Å². The zero-order chi connectivity index (χ0) is 22.2. The van der Waals surface area contributed by atoms with Crippen molar-refractivity contribution in [2.24, 2.45) is 5.73 Å². The maximum absolute atomic E-state index is 14.0. The number of fused-ring (bicyclic) bond motifs is 4. The summed E-state index contributed by atoms with van der Waals surface area (Å²) >= 11 is 0. The molecule has 0 bridgehead atoms. The van der Waals surface area contributed by atoms with Crippen molar-refractivity contribution < 1.29 is 23.9 Å². The molecule has 3 aromatic rings. The molecule has 3 aliphatic rings. The van der Waals surface area contributed by atoms with Crippen molar-refractivity contribution in [3.05, 3.63) is 94.4 Å². The molecule has 0 saturated carbocycles. The van der Waals surface area contributed by atoms with Gasteiger partial charge in [0, 0.05) is 27.8 Å². The third-order valence-electron chi connectivity index (χ3n) is 6.37. The highest BCUT2D eigenvalue weighted by Gasteiger charge is 2.62. The molecule has 0 radical (unpaired) electrons. The Morgan fingerprint density at radius 2 is 1.72 bits per heavy atom. The van der Waals surface area contributed by atoms with Gasteiger partial charge in [0.05, 0.1) is 12.7 Å². The van der Waals surface area contributed by atoms with Crippen molar-refractivity contribution in [1.82, 2.24) is 0 Å². The number of methoxy groups -OCH3 is 1. The van der Waals surface area contributed by atoms with Crippen LogP contribution in [0.4, 0.5) is 5.69 Å². The molecule has 1 unspecified atom stereocenters. The molecular weight excluding hydrogens is 408 g/mol. The number of hydrogen-bond acceptors (Lipinski definition) is 6. The van der Waals surface area contributed by atoms with Crippen LogP contribution in [0.25, 0.3) is 16.5 Å². The molecular formula is C25H16N2O5. The van der Waals surface area contributed by atoms with Gasteiger partial charge < -0.3 is 20.5 Å². The first-order chi connectivity index (χ1) is 15.5. The number of amides is 1. The summed E-state index contributed by atoms with van der Waals surface area (Å²) in [5.41, 5.74) is 6.32. The molecule has 6 rings (SSSR count). The van der Waals surface area contributed by atoms with E-state index in [1.165, 1.54) is 7.11 Å². The number of nitrogens with two attached hydrogens (primary N) is 1. The SMILES string of the molecule is COC(=O)C1=C(N)OC2=C(C(=O)c3cccc4cccc2c34)C12C(=O)Nc1ccccc12. The first kappa shape index (κ1) is 18.4. The maximum Gasteiger partial charge on any atom is 0.340 e. The van der Waals surface area contributed by atoms with E-state index in [1.54, 1.807) is 36.4 Å². The Labute approximate surface area is 182 Å². The van der Waals surface area contributed by atoms with Gasteiger partial charge in [0.25, 0.3) is 0 Å². The number of ketones is 1. The maximum atomic E-state index is 14.0. The molecule has 156 valence electrons. The largest absolute Gasteiger partial charge is 0.465 e. The van der Waals surface area contributed by atoms with Crippen LogP contribution in [-0.4, -0.2) is 24.8 Å². The summed E-state index contributed by atoms with van der Waals surface area (Å²) in [6.45, 7) is 0. The van der Waals surface area contributed by atoms with Gasteiger partial charge in [-0.05, 0) is 11.5 Å². The van der Waals surface area contributed by atoms with Gasteiger partial charge in [-0.15, -0.1) is 0 Å². The smallest absolute Gasteiger partial charge is 0.340 e. The molecule has 1 amide bonds. The predicted octanol–water partition coefficient (Wildman–Crippen LogP) is 3.01. The normalized spacial score (nSPS) is 20.8. The van der Waals surface area contributed by atoms with E-state index in [2.05, 4.69) is 5.32 Å². The molecule has 0 aromatic heterocycles. The quantitative estimate of drug-likeness (QED) is 0.582. The number of anilines is 1. The van der Waals surface area contributed by atoms with Crippen molar-refractivity contribution in [3.8, 4) is 0 Å². The standard InChI is InChI=1S/C25H16N2O5/c1-31-23(29)19-22(26)32-21-14-9-5-7-12-6-4-8-13(17(12)14)20(28)18(21)25(19)15-10-2-3-11-16(15)27-24(25)30/h2-11H,26H2,1H3,(H,27,30). The summed E-state index contributed by atoms with van der Waals surface area (Å²) in [5, 5.41) is 4.39. The Morgan fingerprint density at radius 3 is 2.47 bits per heavy atom. The van der Waals surface area contributed by atoms with Crippen LogP contribution in [0.1, 0.15) is 21.5 Å². The van der Waals surface area contributed by atoms with Crippen LogP contribution in [-0.2, 0) is 24.5 Å². The third kappa shape index (κ3) is 1.98. The summed E-state index contributed by atoms with van der Waals surface area (Å²) in [5.74, 6) is -1.89. The zero-order valence-electron chi connectivity index (χ0n) is 16.9. The molecule has 1 spiro atoms. The highest BCUT2D eigenvalue weighted by molar-refractivity contribution is 6.32. The minimum absolute atomic E-state index is 0.0563. The highest BCUT2D eigenvalue weighted by atomic mass is 16.5. The topological polar surface area (TPSA) is 108 Å². The molecule has 7 heteroatoms. The second-order valence-corrected chi connectivity index (χ2v) is 7.83. The second kappa shape index (κ2) is 6.07. The third-order valence-corrected chi connectivity index (χ3v) is 6.37. The molecule has 1 aliphatic carbocycles. The van der Waals surface area contributed by atoms with Crippen LogP contribution in [0.3, 0.4) is 0 Å². The van der Waals surface area contributed by atoms with Crippen molar-refractivity contribution in [1.29, 1.82) is 0 Å². The minimum atomic E-state index is -1.80. The van der Waals surface area contributed by atoms with E-state index in [4.69, 9.17) is 15.2 Å². The lowest BCUT2D eigenvalue weighted by molar-refractivity contribution is -0.138. The van der Waals surface area contributed by atoms with Crippen LogP contribution < -0.4 is 11.1 Å². The molecule has 3 N–H and O–H groups in total. The minimum Gasteiger partial charge on any atom is -0.465 e. The Balaban J connectivity index is 1.79. The van der Waals surface area contributed by atoms with E-state index in [1.807, 2.05) is 24.3 Å². The van der Waals surface area contributed by atoms with Crippen molar-refractivity contribution in [2.45, 2.75) is 5.41 Å². The van der Waals surface area contributed by atoms with Crippen molar-refractivity contribution in [3.63, 3.8) is 0 Å². The number of ether oxygens (including phenoxy) is 2. The summed E-state index contributed by atoms with van der Waals surface area (Å²) in [6.07, 6.45) is 0. The number of Topliss-reactive ketones (excluding diaryl/α,β-unsaturated/α-hetero) is 1. The summed E-state index contributed by atoms with van der Waals surface area (Å²) in [4.78, 5) is 40.6. The fraction of sp³-hybridized carbons (Fsp3) is 0.0800. The number of esters is 1. The first-order valence-corrected chi connectivity index (χ1v) is 9.99. The number of benzene rings is 3. The average molecular weight is 424 g/mol. The fourth-order valence-corrected chi connectivity index (χ4v) is 5.12. The zero-order valence-corrected chi connectivity index (χ0v) is 16.9.